The van der Waals surface area contributed by atoms with Crippen molar-refractivity contribution >= 4 is 11.6 Å². The summed E-state index contributed by atoms with van der Waals surface area (Å²) in [6.07, 6.45) is 3.90. The van der Waals surface area contributed by atoms with Crippen molar-refractivity contribution in [2.45, 2.75) is 51.6 Å². The van der Waals surface area contributed by atoms with E-state index >= 15 is 0 Å². The normalized spacial score (nSPS) is 15.9. The summed E-state index contributed by atoms with van der Waals surface area (Å²) in [7, 11) is 1.80. The second-order valence-corrected chi connectivity index (χ2v) is 8.30. The molecule has 7 nitrogen and oxygen atoms in total. The fourth-order valence-corrected chi connectivity index (χ4v) is 4.22. The van der Waals surface area contributed by atoms with Gasteiger partial charge in [-0.25, -0.2) is 0 Å². The molecule has 4 rings (SSSR count). The highest BCUT2D eigenvalue weighted by molar-refractivity contribution is 5.92. The molecule has 2 aromatic carbocycles. The summed E-state index contributed by atoms with van der Waals surface area (Å²) in [4.78, 5) is 14.4. The van der Waals surface area contributed by atoms with Gasteiger partial charge in [-0.15, -0.1) is 0 Å². The van der Waals surface area contributed by atoms with E-state index in [-0.39, 0.29) is 24.0 Å². The van der Waals surface area contributed by atoms with Gasteiger partial charge < -0.3 is 24.3 Å². The minimum absolute atomic E-state index is 0.0156. The van der Waals surface area contributed by atoms with Crippen molar-refractivity contribution in [1.29, 1.82) is 0 Å². The van der Waals surface area contributed by atoms with Gasteiger partial charge in [0.05, 0.1) is 13.2 Å². The molecular formula is C24H28F2N2O5. The average molecular weight is 462 g/mol. The van der Waals surface area contributed by atoms with Crippen LogP contribution in [0.2, 0.25) is 0 Å². The Morgan fingerprint density at radius 2 is 1.88 bits per heavy atom. The quantitative estimate of drug-likeness (QED) is 0.578. The summed E-state index contributed by atoms with van der Waals surface area (Å²) in [6, 6.07) is 10.2. The Balaban J connectivity index is 1.33. The lowest BCUT2D eigenvalue weighted by Crippen LogP contribution is -2.34. The number of carbonyl (C=O) groups excluding carboxylic acids is 1. The number of halogens is 2. The standard InChI is InChI=1S/C24H28F2N2O5/c1-3-30-20-12-16(6-8-18(20)31-23(25)26)14-28(2)15-22(29)27-17-7-9-19-21(13-17)33-24(32-19)10-4-5-11-24/h6-9,12-13,23H,3-5,10-11,14-15H2,1-2H3,(H,27,29). The van der Waals surface area contributed by atoms with Crippen LogP contribution in [0.1, 0.15) is 38.2 Å². The summed E-state index contributed by atoms with van der Waals surface area (Å²) in [5, 5.41) is 2.89. The van der Waals surface area contributed by atoms with E-state index in [1.807, 2.05) is 11.0 Å². The Morgan fingerprint density at radius 3 is 2.61 bits per heavy atom. The topological polar surface area (TPSA) is 69.3 Å². The van der Waals surface area contributed by atoms with E-state index in [0.717, 1.165) is 31.2 Å². The molecule has 1 amide bonds. The Hall–Kier alpha value is -3.07. The number of hydrogen-bond acceptors (Lipinski definition) is 6. The number of hydrogen-bond donors (Lipinski definition) is 1. The maximum absolute atomic E-state index is 12.6. The number of alkyl halides is 2. The van der Waals surface area contributed by atoms with Gasteiger partial charge in [0.1, 0.15) is 0 Å². The molecule has 9 heteroatoms. The molecule has 1 N–H and O–H groups in total. The van der Waals surface area contributed by atoms with Crippen molar-refractivity contribution in [2.24, 2.45) is 0 Å². The number of rotatable bonds is 9. The molecule has 2 aliphatic rings. The highest BCUT2D eigenvalue weighted by Crippen LogP contribution is 2.47. The van der Waals surface area contributed by atoms with Gasteiger partial charge in [-0.2, -0.15) is 8.78 Å². The van der Waals surface area contributed by atoms with Crippen LogP contribution in [0, 0.1) is 0 Å². The monoisotopic (exact) mass is 462 g/mol. The fourth-order valence-electron chi connectivity index (χ4n) is 4.22. The number of carbonyl (C=O) groups is 1. The summed E-state index contributed by atoms with van der Waals surface area (Å²) in [5.74, 6) is 0.858. The zero-order chi connectivity index (χ0) is 23.4. The molecule has 1 aliphatic heterocycles. The number of ether oxygens (including phenoxy) is 4. The van der Waals surface area contributed by atoms with Crippen molar-refractivity contribution in [1.82, 2.24) is 4.90 Å². The lowest BCUT2D eigenvalue weighted by Gasteiger charge is -2.21. The van der Waals surface area contributed by atoms with Gasteiger partial charge in [0.2, 0.25) is 5.91 Å². The predicted octanol–water partition coefficient (Wildman–Crippen LogP) is 4.80. The molecule has 1 spiro atoms. The molecule has 178 valence electrons. The molecule has 0 aromatic heterocycles. The summed E-state index contributed by atoms with van der Waals surface area (Å²) in [6.45, 7) is -0.290. The van der Waals surface area contributed by atoms with Gasteiger partial charge in [-0.1, -0.05) is 6.07 Å². The molecular weight excluding hydrogens is 434 g/mol. The third-order valence-corrected chi connectivity index (χ3v) is 5.57. The van der Waals surface area contributed by atoms with E-state index in [9.17, 15) is 13.6 Å². The highest BCUT2D eigenvalue weighted by Gasteiger charge is 2.44. The van der Waals surface area contributed by atoms with Crippen molar-refractivity contribution in [2.75, 3.05) is 25.5 Å². The third-order valence-electron chi connectivity index (χ3n) is 5.57. The molecule has 1 fully saturated rings. The van der Waals surface area contributed by atoms with Crippen molar-refractivity contribution in [3.05, 3.63) is 42.0 Å². The number of fused-ring (bicyclic) bond motifs is 1. The lowest BCUT2D eigenvalue weighted by molar-refractivity contribution is -0.117. The SMILES string of the molecule is CCOc1cc(CN(C)CC(=O)Nc2ccc3c(c2)OC2(CCCC2)O3)ccc1OC(F)F. The van der Waals surface area contributed by atoms with Crippen molar-refractivity contribution in [3.63, 3.8) is 0 Å². The van der Waals surface area contributed by atoms with Crippen LogP contribution >= 0.6 is 0 Å². The summed E-state index contributed by atoms with van der Waals surface area (Å²) >= 11 is 0. The summed E-state index contributed by atoms with van der Waals surface area (Å²) < 4.78 is 47.1. The van der Waals surface area contributed by atoms with Crippen LogP contribution in [-0.4, -0.2) is 43.4 Å². The van der Waals surface area contributed by atoms with E-state index in [1.165, 1.54) is 6.07 Å². The van der Waals surface area contributed by atoms with Gasteiger partial charge in [0.15, 0.2) is 23.0 Å². The first-order chi connectivity index (χ1) is 15.9. The molecule has 0 saturated heterocycles. The molecule has 1 heterocycles. The first kappa shape index (κ1) is 23.1. The highest BCUT2D eigenvalue weighted by atomic mass is 19.3. The molecule has 1 aliphatic carbocycles. The lowest BCUT2D eigenvalue weighted by atomic mass is 10.2. The van der Waals surface area contributed by atoms with Crippen LogP contribution in [0.15, 0.2) is 36.4 Å². The van der Waals surface area contributed by atoms with Crippen LogP contribution < -0.4 is 24.3 Å². The fraction of sp³-hybridized carbons (Fsp3) is 0.458. The predicted molar refractivity (Wildman–Crippen MR) is 118 cm³/mol. The molecule has 0 unspecified atom stereocenters. The molecule has 33 heavy (non-hydrogen) atoms. The average Bonchev–Trinajstić information content (AvgIpc) is 3.35. The Labute approximate surface area is 191 Å². The second kappa shape index (κ2) is 9.82. The third kappa shape index (κ3) is 5.65. The molecule has 0 bridgehead atoms. The number of amides is 1. The van der Waals surface area contributed by atoms with Crippen LogP contribution in [0.5, 0.6) is 23.0 Å². The number of nitrogens with zero attached hydrogens (tertiary/aromatic N) is 1. The van der Waals surface area contributed by atoms with Gasteiger partial charge in [-0.05, 0) is 56.6 Å². The van der Waals surface area contributed by atoms with E-state index in [0.29, 0.717) is 30.3 Å². The van der Waals surface area contributed by atoms with Crippen LogP contribution in [0.25, 0.3) is 0 Å². The van der Waals surface area contributed by atoms with E-state index in [2.05, 4.69) is 10.1 Å². The number of nitrogens with one attached hydrogen (secondary N) is 1. The van der Waals surface area contributed by atoms with Crippen LogP contribution in [-0.2, 0) is 11.3 Å². The first-order valence-corrected chi connectivity index (χ1v) is 11.1. The molecule has 0 atom stereocenters. The molecule has 0 radical (unpaired) electrons. The zero-order valence-electron chi connectivity index (χ0n) is 18.7. The second-order valence-electron chi connectivity index (χ2n) is 8.30. The van der Waals surface area contributed by atoms with Crippen molar-refractivity contribution < 1.29 is 32.5 Å². The Kier molecular flexibility index (Phi) is 6.88. The minimum Gasteiger partial charge on any atom is -0.490 e. The largest absolute Gasteiger partial charge is 0.490 e. The maximum atomic E-state index is 12.6. The number of benzene rings is 2. The van der Waals surface area contributed by atoms with Gasteiger partial charge >= 0.3 is 6.61 Å². The molecule has 2 aromatic rings. The van der Waals surface area contributed by atoms with E-state index in [1.54, 1.807) is 38.2 Å². The maximum Gasteiger partial charge on any atom is 0.387 e. The van der Waals surface area contributed by atoms with Crippen LogP contribution in [0.3, 0.4) is 0 Å². The number of likely N-dealkylation sites (N-methyl/N-ethyl adjacent to an activating group) is 1. The van der Waals surface area contributed by atoms with E-state index in [4.69, 9.17) is 14.2 Å². The number of anilines is 1. The minimum atomic E-state index is -2.93. The Morgan fingerprint density at radius 1 is 1.12 bits per heavy atom. The first-order valence-electron chi connectivity index (χ1n) is 11.1. The van der Waals surface area contributed by atoms with E-state index < -0.39 is 12.4 Å². The smallest absolute Gasteiger partial charge is 0.387 e. The van der Waals surface area contributed by atoms with Gasteiger partial charge in [-0.3, -0.25) is 9.69 Å². The van der Waals surface area contributed by atoms with Crippen molar-refractivity contribution in [3.8, 4) is 23.0 Å². The molecule has 1 saturated carbocycles. The summed E-state index contributed by atoms with van der Waals surface area (Å²) in [5.41, 5.74) is 1.44. The Bertz CT molecular complexity index is 995. The zero-order valence-corrected chi connectivity index (χ0v) is 18.7. The van der Waals surface area contributed by atoms with Crippen LogP contribution in [0.4, 0.5) is 14.5 Å². The van der Waals surface area contributed by atoms with Gasteiger partial charge in [0, 0.05) is 31.1 Å². The van der Waals surface area contributed by atoms with Gasteiger partial charge in [0.25, 0.3) is 5.79 Å².